The molecule has 7 nitrogen and oxygen atoms in total. The first-order valence-corrected chi connectivity index (χ1v) is 13.9. The van der Waals surface area contributed by atoms with Crippen LogP contribution in [0.25, 0.3) is 0 Å². The van der Waals surface area contributed by atoms with Crippen LogP contribution in [-0.2, 0) is 20.7 Å². The monoisotopic (exact) mass is 511 g/mol. The van der Waals surface area contributed by atoms with E-state index < -0.39 is 0 Å². The standard InChI is InChI=1S/C28H37N3O4S/c1-16-15-30-27(36-16)31-24(32)9-5-18-13-23(35-25(33)14-29)28(2)11-10-21-20-8-6-19(34-3)12-17(20)4-7-22(21)26(18)28/h6,8,12,15,18,21-23,26H,4-5,7,9-11,13-14,29H2,1-3H3,(H,30,31,32)/t18-,21?,22?,23+,26?,28-/m1/s1. The van der Waals surface area contributed by atoms with Gasteiger partial charge < -0.3 is 20.5 Å². The SMILES string of the molecule is COc1ccc2c(c1)CCC1C2CC[C@@]2(C)C1[C@H](CCC(=O)Nc1ncc(C)s1)C[C@@H]2OC(=O)CN. The number of hydrogen-bond acceptors (Lipinski definition) is 7. The van der Waals surface area contributed by atoms with Gasteiger partial charge in [-0.25, -0.2) is 4.98 Å². The van der Waals surface area contributed by atoms with Crippen molar-refractivity contribution in [1.29, 1.82) is 0 Å². The van der Waals surface area contributed by atoms with E-state index in [-0.39, 0.29) is 29.9 Å². The Balaban J connectivity index is 1.37. The maximum atomic E-state index is 12.8. The van der Waals surface area contributed by atoms with Crippen molar-refractivity contribution in [3.8, 4) is 5.75 Å². The molecule has 8 heteroatoms. The van der Waals surface area contributed by atoms with E-state index in [9.17, 15) is 9.59 Å². The highest BCUT2D eigenvalue weighted by Crippen LogP contribution is 2.64. The fourth-order valence-corrected chi connectivity index (χ4v) is 8.20. The van der Waals surface area contributed by atoms with Gasteiger partial charge in [-0.05, 0) is 92.4 Å². The van der Waals surface area contributed by atoms with Crippen molar-refractivity contribution in [3.63, 3.8) is 0 Å². The third-order valence-corrected chi connectivity index (χ3v) is 9.87. The van der Waals surface area contributed by atoms with Gasteiger partial charge in [0.1, 0.15) is 11.9 Å². The highest BCUT2D eigenvalue weighted by molar-refractivity contribution is 7.15. The van der Waals surface area contributed by atoms with Crippen molar-refractivity contribution in [3.05, 3.63) is 40.4 Å². The third-order valence-electron chi connectivity index (χ3n) is 9.04. The van der Waals surface area contributed by atoms with E-state index in [4.69, 9.17) is 15.2 Å². The summed E-state index contributed by atoms with van der Waals surface area (Å²) in [5, 5.41) is 3.61. The first-order valence-electron chi connectivity index (χ1n) is 13.1. The number of ether oxygens (including phenoxy) is 2. The molecular formula is C28H37N3O4S. The van der Waals surface area contributed by atoms with Gasteiger partial charge >= 0.3 is 5.97 Å². The van der Waals surface area contributed by atoms with Crippen molar-refractivity contribution in [1.82, 2.24) is 4.98 Å². The smallest absolute Gasteiger partial charge is 0.319 e. The maximum absolute atomic E-state index is 12.8. The van der Waals surface area contributed by atoms with E-state index in [1.807, 2.05) is 6.92 Å². The van der Waals surface area contributed by atoms with Crippen LogP contribution in [0.5, 0.6) is 5.75 Å². The second-order valence-electron chi connectivity index (χ2n) is 11.0. The van der Waals surface area contributed by atoms with Crippen molar-refractivity contribution in [2.45, 2.75) is 70.8 Å². The van der Waals surface area contributed by atoms with Crippen molar-refractivity contribution >= 4 is 28.3 Å². The first kappa shape index (κ1) is 25.2. The summed E-state index contributed by atoms with van der Waals surface area (Å²) in [4.78, 5) is 30.3. The Morgan fingerprint density at radius 3 is 2.86 bits per heavy atom. The normalized spacial score (nSPS) is 30.6. The number of methoxy groups -OCH3 is 1. The minimum absolute atomic E-state index is 0.00176. The van der Waals surface area contributed by atoms with E-state index in [0.29, 0.717) is 35.2 Å². The molecule has 2 saturated carbocycles. The molecule has 0 saturated heterocycles. The van der Waals surface area contributed by atoms with Crippen LogP contribution in [0.1, 0.15) is 67.4 Å². The lowest BCUT2D eigenvalue weighted by Crippen LogP contribution is -2.46. The highest BCUT2D eigenvalue weighted by Gasteiger charge is 2.59. The minimum Gasteiger partial charge on any atom is -0.497 e. The third kappa shape index (κ3) is 4.65. The Bertz CT molecular complexity index is 1130. The number of anilines is 1. The number of aryl methyl sites for hydroxylation is 2. The van der Waals surface area contributed by atoms with Crippen molar-refractivity contribution < 1.29 is 19.1 Å². The molecule has 194 valence electrons. The number of nitrogens with one attached hydrogen (secondary N) is 1. The van der Waals surface area contributed by atoms with Gasteiger partial charge in [-0.2, -0.15) is 0 Å². The molecule has 0 aliphatic heterocycles. The van der Waals surface area contributed by atoms with Gasteiger partial charge in [0.2, 0.25) is 5.91 Å². The number of thiazole rings is 1. The zero-order chi connectivity index (χ0) is 25.4. The number of nitrogens with two attached hydrogens (primary N) is 1. The van der Waals surface area contributed by atoms with Gasteiger partial charge in [0, 0.05) is 22.9 Å². The Morgan fingerprint density at radius 1 is 1.31 bits per heavy atom. The number of amides is 1. The Kier molecular flexibility index (Phi) is 7.10. The molecule has 1 aromatic carbocycles. The average molecular weight is 512 g/mol. The van der Waals surface area contributed by atoms with Crippen LogP contribution < -0.4 is 15.8 Å². The van der Waals surface area contributed by atoms with Gasteiger partial charge in [0.05, 0.1) is 13.7 Å². The van der Waals surface area contributed by atoms with Crippen LogP contribution in [0.3, 0.4) is 0 Å². The van der Waals surface area contributed by atoms with E-state index in [1.54, 1.807) is 13.3 Å². The Hall–Kier alpha value is -2.45. The van der Waals surface area contributed by atoms with Crippen LogP contribution in [-0.4, -0.2) is 36.6 Å². The molecule has 2 aromatic rings. The first-order chi connectivity index (χ1) is 17.3. The maximum Gasteiger partial charge on any atom is 0.319 e. The van der Waals surface area contributed by atoms with Gasteiger partial charge in [-0.1, -0.05) is 13.0 Å². The second-order valence-corrected chi connectivity index (χ2v) is 12.2. The zero-order valence-electron chi connectivity index (χ0n) is 21.4. The average Bonchev–Trinajstić information content (AvgIpc) is 3.41. The summed E-state index contributed by atoms with van der Waals surface area (Å²) in [7, 11) is 1.72. The van der Waals surface area contributed by atoms with E-state index >= 15 is 0 Å². The molecule has 2 fully saturated rings. The van der Waals surface area contributed by atoms with Gasteiger partial charge in [0.15, 0.2) is 5.13 Å². The fraction of sp³-hybridized carbons (Fsp3) is 0.607. The molecule has 0 spiro atoms. The number of hydrogen-bond donors (Lipinski definition) is 2. The number of carbonyl (C=O) groups excluding carboxylic acids is 2. The van der Waals surface area contributed by atoms with Crippen LogP contribution in [0.2, 0.25) is 0 Å². The van der Waals surface area contributed by atoms with Gasteiger partial charge in [-0.3, -0.25) is 9.59 Å². The van der Waals surface area contributed by atoms with Crippen LogP contribution in [0.4, 0.5) is 5.13 Å². The summed E-state index contributed by atoms with van der Waals surface area (Å²) in [6.45, 7) is 4.19. The van der Waals surface area contributed by atoms with Gasteiger partial charge in [0.25, 0.3) is 0 Å². The topological polar surface area (TPSA) is 104 Å². The number of rotatable bonds is 7. The summed E-state index contributed by atoms with van der Waals surface area (Å²) in [5.74, 6) is 2.32. The predicted octanol–water partition coefficient (Wildman–Crippen LogP) is 4.83. The lowest BCUT2D eigenvalue weighted by molar-refractivity contribution is -0.155. The molecule has 0 radical (unpaired) electrons. The molecule has 5 rings (SSSR count). The van der Waals surface area contributed by atoms with Gasteiger partial charge in [-0.15, -0.1) is 11.3 Å². The number of carbonyl (C=O) groups is 2. The fourth-order valence-electron chi connectivity index (χ4n) is 7.52. The molecule has 1 heterocycles. The number of esters is 1. The van der Waals surface area contributed by atoms with Crippen LogP contribution >= 0.6 is 11.3 Å². The molecule has 3 aliphatic rings. The summed E-state index contributed by atoms with van der Waals surface area (Å²) >= 11 is 1.49. The Labute approximate surface area is 217 Å². The molecule has 3 unspecified atom stereocenters. The summed E-state index contributed by atoms with van der Waals surface area (Å²) in [6, 6.07) is 6.53. The second kappa shape index (κ2) is 10.1. The highest BCUT2D eigenvalue weighted by atomic mass is 32.1. The molecule has 36 heavy (non-hydrogen) atoms. The van der Waals surface area contributed by atoms with E-state index in [1.165, 1.54) is 22.5 Å². The quantitative estimate of drug-likeness (QED) is 0.516. The molecular weight excluding hydrogens is 474 g/mol. The van der Waals surface area contributed by atoms with E-state index in [0.717, 1.165) is 49.2 Å². The molecule has 3 N–H and O–H groups in total. The predicted molar refractivity (Wildman–Crippen MR) is 140 cm³/mol. The van der Waals surface area contributed by atoms with Crippen LogP contribution in [0, 0.1) is 30.1 Å². The van der Waals surface area contributed by atoms with Crippen molar-refractivity contribution in [2.75, 3.05) is 19.0 Å². The molecule has 0 bridgehead atoms. The number of benzene rings is 1. The molecule has 1 aromatic heterocycles. The number of aromatic nitrogens is 1. The molecule has 3 aliphatic carbocycles. The van der Waals surface area contributed by atoms with E-state index in [2.05, 4.69) is 35.4 Å². The lowest BCUT2D eigenvalue weighted by atomic mass is 9.53. The molecule has 6 atom stereocenters. The Morgan fingerprint density at radius 2 is 2.14 bits per heavy atom. The summed E-state index contributed by atoms with van der Waals surface area (Å²) in [5.41, 5.74) is 8.37. The number of nitrogens with zero attached hydrogens (tertiary/aromatic N) is 1. The number of fused-ring (bicyclic) bond motifs is 5. The minimum atomic E-state index is -0.333. The lowest BCUT2D eigenvalue weighted by Gasteiger charge is -2.51. The van der Waals surface area contributed by atoms with Crippen molar-refractivity contribution in [2.24, 2.45) is 28.9 Å². The largest absolute Gasteiger partial charge is 0.497 e. The summed E-state index contributed by atoms with van der Waals surface area (Å²) < 4.78 is 11.4. The van der Waals surface area contributed by atoms with Crippen LogP contribution in [0.15, 0.2) is 24.4 Å². The molecule has 1 amide bonds. The zero-order valence-corrected chi connectivity index (χ0v) is 22.2. The summed E-state index contributed by atoms with van der Waals surface area (Å²) in [6.07, 6.45) is 7.90.